The van der Waals surface area contributed by atoms with Crippen molar-refractivity contribution in [1.29, 1.82) is 0 Å². The van der Waals surface area contributed by atoms with Crippen LogP contribution < -0.4 is 16.8 Å². The Hall–Kier alpha value is -2.12. The molecule has 2 aromatic carbocycles. The molecule has 4 aromatic rings. The Morgan fingerprint density at radius 3 is 2.32 bits per heavy atom. The van der Waals surface area contributed by atoms with Gasteiger partial charge in [0.25, 0.3) is 0 Å². The van der Waals surface area contributed by atoms with Gasteiger partial charge in [-0.25, -0.2) is 0 Å². The van der Waals surface area contributed by atoms with Crippen LogP contribution in [-0.2, 0) is 0 Å². The van der Waals surface area contributed by atoms with Crippen molar-refractivity contribution in [1.82, 2.24) is 0 Å². The van der Waals surface area contributed by atoms with E-state index in [1.54, 1.807) is 0 Å². The zero-order chi connectivity index (χ0) is 11.9. The monoisotopic (exact) mass is 265 g/mol. The number of benzene rings is 2. The molecule has 1 nitrogen and oxygen atoms in total. The normalized spacial score (nSPS) is 10.7. The number of aromatic nitrogens is 1. The molecule has 0 N–H and O–H groups in total. The number of halogens is 1. The molecule has 0 radical (unpaired) electrons. The second kappa shape index (κ2) is 4.52. The van der Waals surface area contributed by atoms with Gasteiger partial charge in [-0.05, 0) is 29.7 Å². The van der Waals surface area contributed by atoms with Crippen molar-refractivity contribution < 1.29 is 16.8 Å². The first-order chi connectivity index (χ1) is 8.93. The summed E-state index contributed by atoms with van der Waals surface area (Å²) in [4.78, 5) is 0. The quantitative estimate of drug-likeness (QED) is 0.326. The van der Waals surface area contributed by atoms with Crippen molar-refractivity contribution in [3.8, 4) is 0 Å². The minimum atomic E-state index is 0. The standard InChI is InChI=1S/C17H12N.ClH/c1-2-7-16-13(5-1)8-9-14-10-11-15-6-3-4-12-18(15)17(14)16;/h1-12H;1H/q+1;/p-1. The molecular weight excluding hydrogens is 254 g/mol. The van der Waals surface area contributed by atoms with Crippen LogP contribution in [0.15, 0.2) is 72.9 Å². The van der Waals surface area contributed by atoms with Crippen LogP contribution in [0, 0.1) is 0 Å². The van der Waals surface area contributed by atoms with Crippen LogP contribution in [0.3, 0.4) is 0 Å². The second-order valence-corrected chi connectivity index (χ2v) is 4.55. The first-order valence-corrected chi connectivity index (χ1v) is 6.14. The van der Waals surface area contributed by atoms with E-state index in [0.29, 0.717) is 0 Å². The summed E-state index contributed by atoms with van der Waals surface area (Å²) in [7, 11) is 0. The lowest BCUT2D eigenvalue weighted by Gasteiger charge is -2.01. The van der Waals surface area contributed by atoms with E-state index in [0.717, 1.165) is 0 Å². The number of hydrogen-bond donors (Lipinski definition) is 0. The van der Waals surface area contributed by atoms with E-state index in [9.17, 15) is 0 Å². The molecule has 2 heterocycles. The molecule has 0 bridgehead atoms. The van der Waals surface area contributed by atoms with Crippen LogP contribution in [0.5, 0.6) is 0 Å². The molecule has 0 unspecified atom stereocenters. The zero-order valence-electron chi connectivity index (χ0n) is 10.3. The minimum Gasteiger partial charge on any atom is -1.00 e. The highest BCUT2D eigenvalue weighted by molar-refractivity contribution is 6.03. The lowest BCUT2D eigenvalue weighted by atomic mass is 10.1. The van der Waals surface area contributed by atoms with Gasteiger partial charge >= 0.3 is 0 Å². The Labute approximate surface area is 117 Å². The fourth-order valence-corrected chi connectivity index (χ4v) is 2.65. The average molecular weight is 266 g/mol. The zero-order valence-corrected chi connectivity index (χ0v) is 11.0. The average Bonchev–Trinajstić information content (AvgIpc) is 2.46. The van der Waals surface area contributed by atoms with Gasteiger partial charge in [-0.1, -0.05) is 24.3 Å². The number of pyridine rings is 2. The Balaban J connectivity index is 0.00000110. The highest BCUT2D eigenvalue weighted by atomic mass is 35.5. The van der Waals surface area contributed by atoms with E-state index >= 15 is 0 Å². The van der Waals surface area contributed by atoms with E-state index in [4.69, 9.17) is 0 Å². The van der Waals surface area contributed by atoms with E-state index in [-0.39, 0.29) is 12.4 Å². The maximum Gasteiger partial charge on any atom is 0.226 e. The van der Waals surface area contributed by atoms with Crippen LogP contribution in [0.1, 0.15) is 0 Å². The first-order valence-electron chi connectivity index (χ1n) is 6.14. The van der Waals surface area contributed by atoms with Crippen molar-refractivity contribution >= 4 is 27.2 Å². The molecule has 4 rings (SSSR count). The summed E-state index contributed by atoms with van der Waals surface area (Å²) in [6.45, 7) is 0. The predicted octanol–water partition coefficient (Wildman–Crippen LogP) is 0.736. The molecule has 0 saturated heterocycles. The van der Waals surface area contributed by atoms with Gasteiger partial charge in [-0.15, -0.1) is 0 Å². The van der Waals surface area contributed by atoms with Crippen molar-refractivity contribution in [2.75, 3.05) is 0 Å². The Morgan fingerprint density at radius 1 is 0.632 bits per heavy atom. The highest BCUT2D eigenvalue weighted by Crippen LogP contribution is 2.22. The van der Waals surface area contributed by atoms with Crippen LogP contribution in [0.4, 0.5) is 0 Å². The molecule has 0 aliphatic rings. The third-order valence-corrected chi connectivity index (χ3v) is 3.50. The Kier molecular flexibility index (Phi) is 2.84. The van der Waals surface area contributed by atoms with Crippen molar-refractivity contribution in [2.24, 2.45) is 0 Å². The molecule has 2 heteroatoms. The fraction of sp³-hybridized carbons (Fsp3) is 0. The topological polar surface area (TPSA) is 4.10 Å². The SMILES string of the molecule is [Cl-].c1ccc2c(c1)ccc1ccc3cccc[n+]3c12. The van der Waals surface area contributed by atoms with E-state index in [1.807, 2.05) is 0 Å². The molecule has 0 saturated carbocycles. The number of nitrogens with zero attached hydrogens (tertiary/aromatic N) is 1. The van der Waals surface area contributed by atoms with Gasteiger partial charge in [0.05, 0.1) is 5.39 Å². The van der Waals surface area contributed by atoms with Gasteiger partial charge in [-0.2, -0.15) is 4.40 Å². The van der Waals surface area contributed by atoms with Crippen molar-refractivity contribution in [3.05, 3.63) is 72.9 Å². The highest BCUT2D eigenvalue weighted by Gasteiger charge is 2.11. The summed E-state index contributed by atoms with van der Waals surface area (Å²) >= 11 is 0. The van der Waals surface area contributed by atoms with Crippen LogP contribution in [-0.4, -0.2) is 0 Å². The molecular formula is C17H12ClN. The summed E-state index contributed by atoms with van der Waals surface area (Å²) in [5.41, 5.74) is 2.51. The van der Waals surface area contributed by atoms with Gasteiger partial charge in [0.15, 0.2) is 6.20 Å². The molecule has 19 heavy (non-hydrogen) atoms. The maximum absolute atomic E-state index is 2.26. The lowest BCUT2D eigenvalue weighted by molar-refractivity contribution is -0.480. The van der Waals surface area contributed by atoms with E-state index in [2.05, 4.69) is 77.3 Å². The molecule has 0 aliphatic carbocycles. The van der Waals surface area contributed by atoms with Crippen LogP contribution in [0.25, 0.3) is 27.2 Å². The van der Waals surface area contributed by atoms with E-state index < -0.39 is 0 Å². The molecule has 0 spiro atoms. The number of rotatable bonds is 0. The van der Waals surface area contributed by atoms with Crippen molar-refractivity contribution in [3.63, 3.8) is 0 Å². The Morgan fingerprint density at radius 2 is 1.37 bits per heavy atom. The third-order valence-electron chi connectivity index (χ3n) is 3.50. The van der Waals surface area contributed by atoms with Crippen LogP contribution >= 0.6 is 0 Å². The first kappa shape index (κ1) is 11.9. The molecule has 0 atom stereocenters. The molecule has 92 valence electrons. The molecule has 0 amide bonds. The summed E-state index contributed by atoms with van der Waals surface area (Å²) in [5, 5.41) is 3.86. The van der Waals surface area contributed by atoms with E-state index in [1.165, 1.54) is 27.2 Å². The number of hydrogen-bond acceptors (Lipinski definition) is 0. The predicted molar refractivity (Wildman–Crippen MR) is 74.6 cm³/mol. The lowest BCUT2D eigenvalue weighted by Crippen LogP contribution is -3.00. The van der Waals surface area contributed by atoms with Gasteiger partial charge in [0, 0.05) is 23.6 Å². The third kappa shape index (κ3) is 1.74. The smallest absolute Gasteiger partial charge is 0.226 e. The van der Waals surface area contributed by atoms with Crippen LogP contribution in [0.2, 0.25) is 0 Å². The van der Waals surface area contributed by atoms with Gasteiger partial charge in [-0.3, -0.25) is 0 Å². The molecule has 0 aliphatic heterocycles. The fourth-order valence-electron chi connectivity index (χ4n) is 2.65. The number of fused-ring (bicyclic) bond motifs is 5. The molecule has 0 fully saturated rings. The van der Waals surface area contributed by atoms with Gasteiger partial charge in [0.2, 0.25) is 11.0 Å². The maximum atomic E-state index is 2.26. The molecule has 2 aromatic heterocycles. The minimum absolute atomic E-state index is 0. The van der Waals surface area contributed by atoms with Gasteiger partial charge < -0.3 is 12.4 Å². The van der Waals surface area contributed by atoms with Gasteiger partial charge in [0.1, 0.15) is 0 Å². The second-order valence-electron chi connectivity index (χ2n) is 4.55. The summed E-state index contributed by atoms with van der Waals surface area (Å²) in [6, 6.07) is 23.6. The summed E-state index contributed by atoms with van der Waals surface area (Å²) in [6.07, 6.45) is 2.13. The Bertz CT molecular complexity index is 813. The largest absolute Gasteiger partial charge is 1.00 e. The van der Waals surface area contributed by atoms with Crippen molar-refractivity contribution in [2.45, 2.75) is 0 Å². The summed E-state index contributed by atoms with van der Waals surface area (Å²) in [5.74, 6) is 0. The summed E-state index contributed by atoms with van der Waals surface area (Å²) < 4.78 is 2.26.